The number of halogens is 1. The van der Waals surface area contributed by atoms with E-state index in [9.17, 15) is 4.39 Å². The lowest BCUT2D eigenvalue weighted by molar-refractivity contribution is -0.0988. The van der Waals surface area contributed by atoms with Gasteiger partial charge in [0.1, 0.15) is 5.82 Å². The highest BCUT2D eigenvalue weighted by molar-refractivity contribution is 8.00. The number of thioether (sulfide) groups is 1. The Morgan fingerprint density at radius 1 is 1.27 bits per heavy atom. The van der Waals surface area contributed by atoms with Crippen LogP contribution in [0.3, 0.4) is 0 Å². The third kappa shape index (κ3) is 3.81. The maximum Gasteiger partial charge on any atom is 0.168 e. The van der Waals surface area contributed by atoms with Crippen molar-refractivity contribution in [3.05, 3.63) is 30.1 Å². The van der Waals surface area contributed by atoms with E-state index in [0.29, 0.717) is 0 Å². The minimum atomic E-state index is -0.279. The molecule has 0 heterocycles. The van der Waals surface area contributed by atoms with E-state index in [1.165, 1.54) is 23.9 Å². The lowest BCUT2D eigenvalue weighted by Crippen LogP contribution is -2.24. The van der Waals surface area contributed by atoms with Crippen LogP contribution in [-0.2, 0) is 9.47 Å². The van der Waals surface area contributed by atoms with Gasteiger partial charge >= 0.3 is 0 Å². The van der Waals surface area contributed by atoms with Crippen LogP contribution in [0.2, 0.25) is 0 Å². The number of hydrogen-bond acceptors (Lipinski definition) is 3. The summed E-state index contributed by atoms with van der Waals surface area (Å²) in [6.45, 7) is 1.98. The normalized spacial score (nSPS) is 13.1. The fraction of sp³-hybridized carbons (Fsp3) is 0.455. The first-order valence-electron chi connectivity index (χ1n) is 4.65. The van der Waals surface area contributed by atoms with Crippen molar-refractivity contribution in [1.29, 1.82) is 0 Å². The van der Waals surface area contributed by atoms with Crippen LogP contribution in [-0.4, -0.2) is 25.8 Å². The molecule has 0 radical (unpaired) electrons. The van der Waals surface area contributed by atoms with Gasteiger partial charge in [-0.2, -0.15) is 0 Å². The summed E-state index contributed by atoms with van der Waals surface area (Å²) in [4.78, 5) is 0.876. The van der Waals surface area contributed by atoms with Crippen LogP contribution in [0.15, 0.2) is 29.2 Å². The first-order valence-corrected chi connectivity index (χ1v) is 5.53. The number of ether oxygens (including phenoxy) is 2. The molecule has 15 heavy (non-hydrogen) atoms. The summed E-state index contributed by atoms with van der Waals surface area (Å²) in [7, 11) is 3.19. The molecule has 0 aliphatic carbocycles. The Kier molecular flexibility index (Phi) is 5.08. The molecular weight excluding hydrogens is 215 g/mol. The van der Waals surface area contributed by atoms with Crippen LogP contribution >= 0.6 is 11.8 Å². The molecule has 0 spiro atoms. The second kappa shape index (κ2) is 6.10. The number of hydrogen-bond donors (Lipinski definition) is 0. The van der Waals surface area contributed by atoms with Gasteiger partial charge in [0.25, 0.3) is 0 Å². The van der Waals surface area contributed by atoms with E-state index in [2.05, 4.69) is 0 Å². The molecule has 0 amide bonds. The number of rotatable bonds is 5. The highest BCUT2D eigenvalue weighted by Crippen LogP contribution is 2.26. The molecule has 0 aromatic heterocycles. The fourth-order valence-electron chi connectivity index (χ4n) is 1.29. The topological polar surface area (TPSA) is 18.5 Å². The van der Waals surface area contributed by atoms with E-state index < -0.39 is 0 Å². The van der Waals surface area contributed by atoms with Gasteiger partial charge in [-0.25, -0.2) is 4.39 Å². The molecule has 0 aliphatic heterocycles. The van der Waals surface area contributed by atoms with Gasteiger partial charge in [-0.1, -0.05) is 6.07 Å². The first kappa shape index (κ1) is 12.5. The third-order valence-electron chi connectivity index (χ3n) is 1.97. The smallest absolute Gasteiger partial charge is 0.168 e. The van der Waals surface area contributed by atoms with Crippen LogP contribution in [0.25, 0.3) is 0 Å². The highest BCUT2D eigenvalue weighted by atomic mass is 32.2. The van der Waals surface area contributed by atoms with Crippen molar-refractivity contribution in [2.45, 2.75) is 23.4 Å². The summed E-state index contributed by atoms with van der Waals surface area (Å²) < 4.78 is 23.2. The molecule has 0 saturated heterocycles. The predicted octanol–water partition coefficient (Wildman–Crippen LogP) is 2.93. The second-order valence-electron chi connectivity index (χ2n) is 3.12. The average molecular weight is 230 g/mol. The summed E-state index contributed by atoms with van der Waals surface area (Å²) in [5.74, 6) is -0.224. The maximum atomic E-state index is 12.9. The summed E-state index contributed by atoms with van der Waals surface area (Å²) in [5, 5.41) is 0.113. The van der Waals surface area contributed by atoms with E-state index in [1.807, 2.05) is 13.0 Å². The van der Waals surface area contributed by atoms with Crippen molar-refractivity contribution < 1.29 is 13.9 Å². The fourth-order valence-corrected chi connectivity index (χ4v) is 2.39. The van der Waals surface area contributed by atoms with E-state index >= 15 is 0 Å². The summed E-state index contributed by atoms with van der Waals surface area (Å²) in [5.41, 5.74) is 0. The van der Waals surface area contributed by atoms with Crippen molar-refractivity contribution in [1.82, 2.24) is 0 Å². The third-order valence-corrected chi connectivity index (χ3v) is 3.09. The summed E-state index contributed by atoms with van der Waals surface area (Å²) >= 11 is 1.52. The summed E-state index contributed by atoms with van der Waals surface area (Å²) in [6.07, 6.45) is -0.279. The van der Waals surface area contributed by atoms with Crippen LogP contribution < -0.4 is 0 Å². The molecule has 2 nitrogen and oxygen atoms in total. The number of benzene rings is 1. The standard InChI is InChI=1S/C11H15FO2S/c1-8(11(13-2)14-3)15-10-6-4-5-9(12)7-10/h4-8,11H,1-3H3. The van der Waals surface area contributed by atoms with E-state index in [0.717, 1.165) is 4.90 Å². The molecule has 1 atom stereocenters. The van der Waals surface area contributed by atoms with Crippen molar-refractivity contribution in [3.63, 3.8) is 0 Å². The Morgan fingerprint density at radius 3 is 2.47 bits per heavy atom. The summed E-state index contributed by atoms with van der Waals surface area (Å²) in [6, 6.07) is 6.49. The molecule has 1 aromatic carbocycles. The van der Waals surface area contributed by atoms with Crippen LogP contribution in [0.1, 0.15) is 6.92 Å². The molecule has 0 fully saturated rings. The van der Waals surface area contributed by atoms with Gasteiger partial charge < -0.3 is 9.47 Å². The molecular formula is C11H15FO2S. The Labute approximate surface area is 93.8 Å². The van der Waals surface area contributed by atoms with Gasteiger partial charge in [0, 0.05) is 19.1 Å². The zero-order valence-corrected chi connectivity index (χ0v) is 9.88. The Morgan fingerprint density at radius 2 is 1.93 bits per heavy atom. The minimum absolute atomic E-state index is 0.113. The van der Waals surface area contributed by atoms with Crippen molar-refractivity contribution >= 4 is 11.8 Å². The van der Waals surface area contributed by atoms with Crippen LogP contribution in [0.4, 0.5) is 4.39 Å². The van der Waals surface area contributed by atoms with Gasteiger partial charge in [0.05, 0.1) is 5.25 Å². The zero-order valence-electron chi connectivity index (χ0n) is 9.07. The Hall–Kier alpha value is -0.580. The molecule has 1 rings (SSSR count). The Balaban J connectivity index is 2.61. The van der Waals surface area contributed by atoms with E-state index in [1.54, 1.807) is 20.3 Å². The van der Waals surface area contributed by atoms with Gasteiger partial charge in [0.2, 0.25) is 0 Å². The van der Waals surface area contributed by atoms with Crippen LogP contribution in [0.5, 0.6) is 0 Å². The monoisotopic (exact) mass is 230 g/mol. The van der Waals surface area contributed by atoms with E-state index in [4.69, 9.17) is 9.47 Å². The first-order chi connectivity index (χ1) is 7.17. The second-order valence-corrected chi connectivity index (χ2v) is 4.57. The van der Waals surface area contributed by atoms with Gasteiger partial charge in [-0.15, -0.1) is 11.8 Å². The quantitative estimate of drug-likeness (QED) is 0.572. The van der Waals surface area contributed by atoms with Gasteiger partial charge in [0.15, 0.2) is 6.29 Å². The van der Waals surface area contributed by atoms with Gasteiger partial charge in [-0.05, 0) is 25.1 Å². The molecule has 4 heteroatoms. The van der Waals surface area contributed by atoms with Crippen molar-refractivity contribution in [3.8, 4) is 0 Å². The lowest BCUT2D eigenvalue weighted by atomic mass is 10.3. The SMILES string of the molecule is COC(OC)C(C)Sc1cccc(F)c1. The molecule has 0 aliphatic rings. The lowest BCUT2D eigenvalue weighted by Gasteiger charge is -2.20. The molecule has 84 valence electrons. The van der Waals surface area contributed by atoms with E-state index in [-0.39, 0.29) is 17.4 Å². The number of methoxy groups -OCH3 is 2. The molecule has 1 unspecified atom stereocenters. The molecule has 1 aromatic rings. The Bertz CT molecular complexity index is 302. The minimum Gasteiger partial charge on any atom is -0.355 e. The zero-order chi connectivity index (χ0) is 11.3. The molecule has 0 saturated carbocycles. The van der Waals surface area contributed by atoms with Crippen LogP contribution in [0, 0.1) is 5.82 Å². The van der Waals surface area contributed by atoms with Crippen molar-refractivity contribution in [2.75, 3.05) is 14.2 Å². The highest BCUT2D eigenvalue weighted by Gasteiger charge is 2.16. The predicted molar refractivity (Wildman–Crippen MR) is 59.5 cm³/mol. The molecule has 0 bridgehead atoms. The van der Waals surface area contributed by atoms with Crippen molar-refractivity contribution in [2.24, 2.45) is 0 Å². The largest absolute Gasteiger partial charge is 0.355 e. The molecule has 0 N–H and O–H groups in total. The average Bonchev–Trinajstić information content (AvgIpc) is 2.19. The van der Waals surface area contributed by atoms with Gasteiger partial charge in [-0.3, -0.25) is 0 Å². The maximum absolute atomic E-state index is 12.9.